The number of aromatic nitrogens is 1. The zero-order valence-electron chi connectivity index (χ0n) is 11.0. The van der Waals surface area contributed by atoms with Crippen LogP contribution in [0.25, 0.3) is 0 Å². The number of carbonyl (C=O) groups excluding carboxylic acids is 1. The molecule has 1 aromatic heterocycles. The summed E-state index contributed by atoms with van der Waals surface area (Å²) in [7, 11) is 0. The molecule has 3 nitrogen and oxygen atoms in total. The fraction of sp³-hybridized carbons (Fsp3) is 0.250. The Labute approximate surface area is 126 Å². The minimum absolute atomic E-state index is 0.0135. The third kappa shape index (κ3) is 2.75. The van der Waals surface area contributed by atoms with Crippen molar-refractivity contribution in [3.63, 3.8) is 0 Å². The Bertz CT molecular complexity index is 628. The molecule has 0 bridgehead atoms. The number of hydrogen-bond donors (Lipinski definition) is 1. The molecule has 1 aliphatic carbocycles. The van der Waals surface area contributed by atoms with Crippen LogP contribution in [0.5, 0.6) is 0 Å². The van der Waals surface area contributed by atoms with Crippen molar-refractivity contribution in [1.29, 1.82) is 0 Å². The summed E-state index contributed by atoms with van der Waals surface area (Å²) in [5.74, 6) is -0.0341. The Balaban J connectivity index is 1.81. The molecule has 0 fully saturated rings. The van der Waals surface area contributed by atoms with Crippen LogP contribution >= 0.6 is 15.9 Å². The summed E-state index contributed by atoms with van der Waals surface area (Å²) < 4.78 is 0.992. The minimum atomic E-state index is -0.0341. The predicted molar refractivity (Wildman–Crippen MR) is 81.5 cm³/mol. The molecular weight excluding hydrogens is 316 g/mol. The molecule has 0 saturated heterocycles. The van der Waals surface area contributed by atoms with Crippen molar-refractivity contribution in [3.8, 4) is 0 Å². The molecule has 0 spiro atoms. The van der Waals surface area contributed by atoms with Gasteiger partial charge in [0.25, 0.3) is 5.91 Å². The second-order valence-electron chi connectivity index (χ2n) is 4.98. The molecule has 1 heterocycles. The molecule has 1 amide bonds. The van der Waals surface area contributed by atoms with Crippen LogP contribution in [-0.4, -0.2) is 10.9 Å². The molecule has 1 aromatic carbocycles. The highest BCUT2D eigenvalue weighted by molar-refractivity contribution is 9.10. The molecule has 4 heteroatoms. The van der Waals surface area contributed by atoms with Gasteiger partial charge in [-0.25, -0.2) is 0 Å². The van der Waals surface area contributed by atoms with Crippen molar-refractivity contribution < 1.29 is 4.79 Å². The number of aryl methyl sites for hydroxylation is 1. The first-order valence-corrected chi connectivity index (χ1v) is 7.53. The smallest absolute Gasteiger partial charge is 0.251 e. The zero-order valence-corrected chi connectivity index (χ0v) is 12.6. The number of benzene rings is 1. The molecule has 3 rings (SSSR count). The minimum Gasteiger partial charge on any atom is -0.344 e. The lowest BCUT2D eigenvalue weighted by Crippen LogP contribution is -2.31. The second-order valence-corrected chi connectivity index (χ2v) is 5.90. The van der Waals surface area contributed by atoms with Crippen LogP contribution in [0.15, 0.2) is 47.1 Å². The van der Waals surface area contributed by atoms with Crippen molar-refractivity contribution in [2.24, 2.45) is 0 Å². The van der Waals surface area contributed by atoms with Gasteiger partial charge >= 0.3 is 0 Å². The van der Waals surface area contributed by atoms with Crippen LogP contribution < -0.4 is 5.32 Å². The van der Waals surface area contributed by atoms with Crippen LogP contribution in [0.2, 0.25) is 0 Å². The summed E-state index contributed by atoms with van der Waals surface area (Å²) in [4.78, 5) is 16.7. The lowest BCUT2D eigenvalue weighted by atomic mass is 9.91. The van der Waals surface area contributed by atoms with Crippen molar-refractivity contribution in [2.75, 3.05) is 0 Å². The average Bonchev–Trinajstić information content (AvgIpc) is 2.48. The van der Waals surface area contributed by atoms with Gasteiger partial charge in [0.1, 0.15) is 0 Å². The lowest BCUT2D eigenvalue weighted by Gasteiger charge is -2.25. The topological polar surface area (TPSA) is 42.0 Å². The van der Waals surface area contributed by atoms with E-state index in [4.69, 9.17) is 0 Å². The quantitative estimate of drug-likeness (QED) is 0.913. The van der Waals surface area contributed by atoms with Crippen molar-refractivity contribution >= 4 is 21.8 Å². The average molecular weight is 331 g/mol. The van der Waals surface area contributed by atoms with Gasteiger partial charge in [-0.3, -0.25) is 9.78 Å². The maximum absolute atomic E-state index is 12.2. The van der Waals surface area contributed by atoms with E-state index in [-0.39, 0.29) is 11.9 Å². The summed E-state index contributed by atoms with van der Waals surface area (Å²) in [6.07, 6.45) is 4.84. The zero-order chi connectivity index (χ0) is 13.9. The molecule has 20 heavy (non-hydrogen) atoms. The molecule has 102 valence electrons. The molecular formula is C16H15BrN2O. The fourth-order valence-corrected chi connectivity index (χ4v) is 2.99. The van der Waals surface area contributed by atoms with Gasteiger partial charge in [0.05, 0.1) is 11.7 Å². The van der Waals surface area contributed by atoms with Crippen molar-refractivity contribution in [3.05, 3.63) is 63.9 Å². The van der Waals surface area contributed by atoms with E-state index in [2.05, 4.69) is 32.3 Å². The predicted octanol–water partition coefficient (Wildman–Crippen LogP) is 3.65. The Morgan fingerprint density at radius 2 is 2.10 bits per heavy atom. The van der Waals surface area contributed by atoms with E-state index in [0.29, 0.717) is 5.56 Å². The number of carbonyl (C=O) groups is 1. The first kappa shape index (κ1) is 13.3. The van der Waals surface area contributed by atoms with E-state index in [9.17, 15) is 4.79 Å². The van der Waals surface area contributed by atoms with Gasteiger partial charge in [0, 0.05) is 16.2 Å². The number of hydrogen-bond acceptors (Lipinski definition) is 2. The molecule has 1 atom stereocenters. The normalized spacial score (nSPS) is 17.4. The first-order valence-electron chi connectivity index (χ1n) is 6.74. The van der Waals surface area contributed by atoms with Gasteiger partial charge < -0.3 is 5.32 Å². The molecule has 0 radical (unpaired) electrons. The number of amides is 1. The van der Waals surface area contributed by atoms with Gasteiger partial charge in [-0.05, 0) is 59.0 Å². The number of nitrogens with zero attached hydrogens (tertiary/aromatic N) is 1. The summed E-state index contributed by atoms with van der Waals surface area (Å²) in [5, 5.41) is 3.09. The van der Waals surface area contributed by atoms with Crippen LogP contribution in [0.4, 0.5) is 0 Å². The highest BCUT2D eigenvalue weighted by Gasteiger charge is 2.23. The Hall–Kier alpha value is -1.68. The Kier molecular flexibility index (Phi) is 3.83. The van der Waals surface area contributed by atoms with E-state index in [1.165, 1.54) is 5.56 Å². The second kappa shape index (κ2) is 5.75. The number of nitrogens with one attached hydrogen (secondary N) is 1. The number of halogens is 1. The largest absolute Gasteiger partial charge is 0.344 e. The summed E-state index contributed by atoms with van der Waals surface area (Å²) in [6, 6.07) is 11.4. The SMILES string of the molecule is O=C(NC1CCCc2cc(Br)cnc21)c1ccccc1. The number of fused-ring (bicyclic) bond motifs is 1. The Morgan fingerprint density at radius 1 is 1.30 bits per heavy atom. The fourth-order valence-electron chi connectivity index (χ4n) is 2.61. The third-order valence-corrected chi connectivity index (χ3v) is 4.01. The van der Waals surface area contributed by atoms with E-state index in [0.717, 1.165) is 29.4 Å². The van der Waals surface area contributed by atoms with Crippen molar-refractivity contribution in [2.45, 2.75) is 25.3 Å². The van der Waals surface area contributed by atoms with Crippen LogP contribution in [0.3, 0.4) is 0 Å². The van der Waals surface area contributed by atoms with Gasteiger partial charge in [0.2, 0.25) is 0 Å². The van der Waals surface area contributed by atoms with Crippen LogP contribution in [-0.2, 0) is 6.42 Å². The van der Waals surface area contributed by atoms with E-state index in [1.807, 2.05) is 30.3 Å². The first-order chi connectivity index (χ1) is 9.74. The van der Waals surface area contributed by atoms with Gasteiger partial charge in [-0.1, -0.05) is 18.2 Å². The van der Waals surface area contributed by atoms with Gasteiger partial charge in [0.15, 0.2) is 0 Å². The summed E-state index contributed by atoms with van der Waals surface area (Å²) >= 11 is 3.45. The Morgan fingerprint density at radius 3 is 2.90 bits per heavy atom. The molecule has 0 saturated carbocycles. The van der Waals surface area contributed by atoms with Crippen LogP contribution in [0, 0.1) is 0 Å². The number of pyridine rings is 1. The standard InChI is InChI=1S/C16H15BrN2O/c17-13-9-12-7-4-8-14(15(12)18-10-13)19-16(20)11-5-2-1-3-6-11/h1-3,5-6,9-10,14H,4,7-8H2,(H,19,20). The number of rotatable bonds is 2. The molecule has 2 aromatic rings. The third-order valence-electron chi connectivity index (χ3n) is 3.58. The highest BCUT2D eigenvalue weighted by atomic mass is 79.9. The van der Waals surface area contributed by atoms with E-state index in [1.54, 1.807) is 6.20 Å². The summed E-state index contributed by atoms with van der Waals surface area (Å²) in [6.45, 7) is 0. The van der Waals surface area contributed by atoms with Gasteiger partial charge in [-0.15, -0.1) is 0 Å². The molecule has 1 unspecified atom stereocenters. The monoisotopic (exact) mass is 330 g/mol. The molecule has 1 aliphatic rings. The van der Waals surface area contributed by atoms with Crippen molar-refractivity contribution in [1.82, 2.24) is 10.3 Å². The summed E-state index contributed by atoms with van der Waals surface area (Å²) in [5.41, 5.74) is 2.92. The lowest BCUT2D eigenvalue weighted by molar-refractivity contribution is 0.0931. The van der Waals surface area contributed by atoms with E-state index >= 15 is 0 Å². The highest BCUT2D eigenvalue weighted by Crippen LogP contribution is 2.29. The molecule has 1 N–H and O–H groups in total. The van der Waals surface area contributed by atoms with E-state index < -0.39 is 0 Å². The maximum Gasteiger partial charge on any atom is 0.251 e. The maximum atomic E-state index is 12.2. The van der Waals surface area contributed by atoms with Crippen LogP contribution in [0.1, 0.15) is 40.5 Å². The molecule has 0 aliphatic heterocycles. The van der Waals surface area contributed by atoms with Gasteiger partial charge in [-0.2, -0.15) is 0 Å².